The van der Waals surface area contributed by atoms with E-state index in [4.69, 9.17) is 5.11 Å². The van der Waals surface area contributed by atoms with Crippen LogP contribution in [0.1, 0.15) is 40.0 Å². The van der Waals surface area contributed by atoms with Gasteiger partial charge in [-0.15, -0.1) is 0 Å². The summed E-state index contributed by atoms with van der Waals surface area (Å²) in [6.45, 7) is 6.56. The van der Waals surface area contributed by atoms with Gasteiger partial charge in [-0.1, -0.05) is 13.3 Å². The molecule has 0 aromatic rings. The number of hydrogen-bond donors (Lipinski definition) is 2. The number of carbonyl (C=O) groups is 2. The van der Waals surface area contributed by atoms with E-state index in [1.54, 1.807) is 4.90 Å². The van der Waals surface area contributed by atoms with Gasteiger partial charge in [0.05, 0.1) is 0 Å². The largest absolute Gasteiger partial charge is 0.480 e. The first kappa shape index (κ1) is 13.8. The van der Waals surface area contributed by atoms with Crippen molar-refractivity contribution in [1.82, 2.24) is 10.2 Å². The average molecular weight is 242 g/mol. The van der Waals surface area contributed by atoms with Crippen LogP contribution in [0.5, 0.6) is 0 Å². The average Bonchev–Trinajstić information content (AvgIpc) is 2.28. The number of piperidine rings is 1. The summed E-state index contributed by atoms with van der Waals surface area (Å²) in [7, 11) is 0. The van der Waals surface area contributed by atoms with Crippen molar-refractivity contribution < 1.29 is 14.7 Å². The SMILES string of the molecule is CCC1CCCN(C(=O)NC(C)(C)C(=O)O)C1. The molecule has 0 saturated carbocycles. The van der Waals surface area contributed by atoms with Crippen molar-refractivity contribution in [1.29, 1.82) is 0 Å². The molecule has 17 heavy (non-hydrogen) atoms. The lowest BCUT2D eigenvalue weighted by Gasteiger charge is -2.34. The lowest BCUT2D eigenvalue weighted by atomic mass is 9.96. The number of carboxylic acid groups (broad SMARTS) is 1. The third-order valence-corrected chi connectivity index (χ3v) is 3.34. The molecular weight excluding hydrogens is 220 g/mol. The molecule has 0 aliphatic carbocycles. The zero-order valence-electron chi connectivity index (χ0n) is 10.8. The number of carboxylic acids is 1. The number of likely N-dealkylation sites (tertiary alicyclic amines) is 1. The zero-order valence-corrected chi connectivity index (χ0v) is 10.8. The maximum Gasteiger partial charge on any atom is 0.328 e. The van der Waals surface area contributed by atoms with Crippen LogP contribution in [-0.4, -0.2) is 40.6 Å². The summed E-state index contributed by atoms with van der Waals surface area (Å²) in [4.78, 5) is 24.6. The number of hydrogen-bond acceptors (Lipinski definition) is 2. The Morgan fingerprint density at radius 3 is 2.65 bits per heavy atom. The second-order valence-electron chi connectivity index (χ2n) is 5.22. The van der Waals surface area contributed by atoms with Gasteiger partial charge in [-0.2, -0.15) is 0 Å². The highest BCUT2D eigenvalue weighted by atomic mass is 16.4. The van der Waals surface area contributed by atoms with Gasteiger partial charge in [0.25, 0.3) is 0 Å². The van der Waals surface area contributed by atoms with Gasteiger partial charge in [0.1, 0.15) is 5.54 Å². The molecule has 1 saturated heterocycles. The van der Waals surface area contributed by atoms with Gasteiger partial charge in [-0.05, 0) is 32.6 Å². The number of urea groups is 1. The van der Waals surface area contributed by atoms with Crippen molar-refractivity contribution in [3.8, 4) is 0 Å². The highest BCUT2D eigenvalue weighted by Gasteiger charge is 2.32. The van der Waals surface area contributed by atoms with Gasteiger partial charge in [0, 0.05) is 13.1 Å². The van der Waals surface area contributed by atoms with Gasteiger partial charge in [-0.3, -0.25) is 0 Å². The first-order chi connectivity index (χ1) is 7.86. The van der Waals surface area contributed by atoms with E-state index in [1.807, 2.05) is 0 Å². The van der Waals surface area contributed by atoms with E-state index in [0.29, 0.717) is 5.92 Å². The maximum atomic E-state index is 11.9. The summed E-state index contributed by atoms with van der Waals surface area (Å²) in [6, 6.07) is -0.268. The fraction of sp³-hybridized carbons (Fsp3) is 0.833. The van der Waals surface area contributed by atoms with Crippen molar-refractivity contribution in [2.75, 3.05) is 13.1 Å². The van der Waals surface area contributed by atoms with Gasteiger partial charge in [-0.25, -0.2) is 9.59 Å². The molecule has 1 aliphatic rings. The molecule has 0 bridgehead atoms. The van der Waals surface area contributed by atoms with E-state index in [1.165, 1.54) is 13.8 Å². The Morgan fingerprint density at radius 1 is 1.47 bits per heavy atom. The molecule has 2 amide bonds. The minimum absolute atomic E-state index is 0.268. The molecule has 1 rings (SSSR count). The van der Waals surface area contributed by atoms with Crippen molar-refractivity contribution in [3.05, 3.63) is 0 Å². The summed E-state index contributed by atoms with van der Waals surface area (Å²) in [5.74, 6) is -0.475. The summed E-state index contributed by atoms with van der Waals surface area (Å²) in [5.41, 5.74) is -1.21. The van der Waals surface area contributed by atoms with Crippen LogP contribution in [0.15, 0.2) is 0 Å². The molecule has 2 N–H and O–H groups in total. The minimum atomic E-state index is -1.21. The number of amides is 2. The molecule has 1 unspecified atom stereocenters. The third kappa shape index (κ3) is 3.61. The summed E-state index contributed by atoms with van der Waals surface area (Å²) in [5, 5.41) is 11.5. The first-order valence-electron chi connectivity index (χ1n) is 6.17. The van der Waals surface area contributed by atoms with Crippen LogP contribution in [0.3, 0.4) is 0 Å². The second kappa shape index (κ2) is 5.38. The van der Waals surface area contributed by atoms with E-state index in [-0.39, 0.29) is 6.03 Å². The van der Waals surface area contributed by atoms with E-state index in [9.17, 15) is 9.59 Å². The number of nitrogens with zero attached hydrogens (tertiary/aromatic N) is 1. The summed E-state index contributed by atoms with van der Waals surface area (Å²) in [6.07, 6.45) is 3.22. The quantitative estimate of drug-likeness (QED) is 0.791. The molecule has 0 aromatic carbocycles. The molecule has 1 fully saturated rings. The molecule has 5 nitrogen and oxygen atoms in total. The van der Waals surface area contributed by atoms with Crippen LogP contribution in [0.4, 0.5) is 4.79 Å². The Hall–Kier alpha value is -1.26. The molecular formula is C12H22N2O3. The van der Waals surface area contributed by atoms with Gasteiger partial charge in [0.15, 0.2) is 0 Å². The first-order valence-corrected chi connectivity index (χ1v) is 6.17. The van der Waals surface area contributed by atoms with Crippen molar-refractivity contribution in [3.63, 3.8) is 0 Å². The Balaban J connectivity index is 2.55. The van der Waals surface area contributed by atoms with Gasteiger partial charge >= 0.3 is 12.0 Å². The van der Waals surface area contributed by atoms with Crippen LogP contribution in [-0.2, 0) is 4.79 Å². The Labute approximate surface area is 102 Å². The molecule has 1 aliphatic heterocycles. The van der Waals surface area contributed by atoms with E-state index < -0.39 is 11.5 Å². The van der Waals surface area contributed by atoms with Gasteiger partial charge in [0.2, 0.25) is 0 Å². The van der Waals surface area contributed by atoms with Crippen LogP contribution in [0.25, 0.3) is 0 Å². The monoisotopic (exact) mass is 242 g/mol. The normalized spacial score (nSPS) is 21.1. The Bertz CT molecular complexity index is 302. The number of carbonyl (C=O) groups excluding carboxylic acids is 1. The van der Waals surface area contributed by atoms with E-state index in [0.717, 1.165) is 32.4 Å². The van der Waals surface area contributed by atoms with Crippen LogP contribution in [0, 0.1) is 5.92 Å². The molecule has 0 aromatic heterocycles. The molecule has 1 heterocycles. The molecule has 5 heteroatoms. The minimum Gasteiger partial charge on any atom is -0.480 e. The predicted octanol–water partition coefficient (Wildman–Crippen LogP) is 1.68. The highest BCUT2D eigenvalue weighted by molar-refractivity contribution is 5.85. The van der Waals surface area contributed by atoms with E-state index >= 15 is 0 Å². The van der Waals surface area contributed by atoms with Crippen LogP contribution < -0.4 is 5.32 Å². The second-order valence-corrected chi connectivity index (χ2v) is 5.22. The summed E-state index contributed by atoms with van der Waals surface area (Å²) >= 11 is 0. The third-order valence-electron chi connectivity index (χ3n) is 3.34. The molecule has 0 spiro atoms. The number of aliphatic carboxylic acids is 1. The standard InChI is InChI=1S/C12H22N2O3/c1-4-9-6-5-7-14(8-9)11(17)13-12(2,3)10(15)16/h9H,4-8H2,1-3H3,(H,13,17)(H,15,16). The van der Waals surface area contributed by atoms with Crippen molar-refractivity contribution >= 4 is 12.0 Å². The molecule has 0 radical (unpaired) electrons. The maximum absolute atomic E-state index is 11.9. The number of rotatable bonds is 3. The van der Waals surface area contributed by atoms with Crippen molar-refractivity contribution in [2.24, 2.45) is 5.92 Å². The Morgan fingerprint density at radius 2 is 2.12 bits per heavy atom. The molecule has 1 atom stereocenters. The smallest absolute Gasteiger partial charge is 0.328 e. The topological polar surface area (TPSA) is 69.6 Å². The fourth-order valence-corrected chi connectivity index (χ4v) is 1.98. The number of nitrogens with one attached hydrogen (secondary N) is 1. The lowest BCUT2D eigenvalue weighted by molar-refractivity contribution is -0.143. The van der Waals surface area contributed by atoms with Gasteiger partial charge < -0.3 is 15.3 Å². The molecule has 98 valence electrons. The van der Waals surface area contributed by atoms with E-state index in [2.05, 4.69) is 12.2 Å². The van der Waals surface area contributed by atoms with Crippen LogP contribution >= 0.6 is 0 Å². The zero-order chi connectivity index (χ0) is 13.1. The highest BCUT2D eigenvalue weighted by Crippen LogP contribution is 2.19. The van der Waals surface area contributed by atoms with Crippen molar-refractivity contribution in [2.45, 2.75) is 45.6 Å². The fourth-order valence-electron chi connectivity index (χ4n) is 1.98. The summed E-state index contributed by atoms with van der Waals surface area (Å²) < 4.78 is 0. The lowest BCUT2D eigenvalue weighted by Crippen LogP contribution is -2.55. The van der Waals surface area contributed by atoms with Crippen LogP contribution in [0.2, 0.25) is 0 Å². The Kier molecular flexibility index (Phi) is 4.37. The predicted molar refractivity (Wildman–Crippen MR) is 64.8 cm³/mol.